The molecule has 2 N–H and O–H groups in total. The van der Waals surface area contributed by atoms with Crippen molar-refractivity contribution in [3.8, 4) is 0 Å². The molecule has 0 saturated heterocycles. The van der Waals surface area contributed by atoms with Crippen LogP contribution >= 0.6 is 0 Å². The number of nitrogens with one attached hydrogen (secondary N) is 1. The van der Waals surface area contributed by atoms with Crippen molar-refractivity contribution >= 4 is 11.8 Å². The van der Waals surface area contributed by atoms with Gasteiger partial charge in [0.25, 0.3) is 0 Å². The zero-order valence-electron chi connectivity index (χ0n) is 19.7. The van der Waals surface area contributed by atoms with Gasteiger partial charge in [-0.3, -0.25) is 5.32 Å². The molecule has 0 aromatic heterocycles. The van der Waals surface area contributed by atoms with Crippen LogP contribution in [0.2, 0.25) is 0 Å². The van der Waals surface area contributed by atoms with Gasteiger partial charge in [-0.05, 0) is 76.5 Å². The fourth-order valence-electron chi connectivity index (χ4n) is 3.84. The molecule has 1 amide bonds. The normalized spacial score (nSPS) is 30.3. The van der Waals surface area contributed by atoms with E-state index in [1.54, 1.807) is 6.92 Å². The summed E-state index contributed by atoms with van der Waals surface area (Å²) in [5, 5.41) is 13.8. The lowest BCUT2D eigenvalue weighted by molar-refractivity contribution is 0.0471. The zero-order chi connectivity index (χ0) is 22.9. The fraction of sp³-hybridized carbons (Fsp3) is 0.519. The van der Waals surface area contributed by atoms with Gasteiger partial charge in [-0.1, -0.05) is 61.4 Å². The van der Waals surface area contributed by atoms with E-state index in [4.69, 9.17) is 4.74 Å². The summed E-state index contributed by atoms with van der Waals surface area (Å²) in [6.07, 6.45) is 11.6. The van der Waals surface area contributed by atoms with Crippen molar-refractivity contribution in [1.82, 2.24) is 0 Å². The summed E-state index contributed by atoms with van der Waals surface area (Å²) in [7, 11) is 0. The number of carbonyl (C=O) groups excluding carboxylic acids is 1. The molecule has 4 nitrogen and oxygen atoms in total. The van der Waals surface area contributed by atoms with E-state index < -0.39 is 17.8 Å². The van der Waals surface area contributed by atoms with Crippen LogP contribution < -0.4 is 5.32 Å². The Hall–Kier alpha value is -2.33. The standard InChI is InChI=1S/C27H39NO3/c1-20(2)23-15-14-21(3)10-9-11-22(4)18-25(19-27(5,30)17-16-23)31-26(29)28-24-12-7-6-8-13-24/h6-8,10,12-13,16-18,20,23,25,30H,9,11,14-15,19H2,1-5H3,(H,28,29)/b17-16+,21-10+,22-18+/t23-,25+,27-/m1/s1. The van der Waals surface area contributed by atoms with Crippen LogP contribution in [0.25, 0.3) is 0 Å². The number of amides is 1. The Kier molecular flexibility index (Phi) is 9.57. The van der Waals surface area contributed by atoms with Crippen molar-refractivity contribution in [2.24, 2.45) is 11.8 Å². The van der Waals surface area contributed by atoms with Gasteiger partial charge in [-0.25, -0.2) is 4.79 Å². The molecular weight excluding hydrogens is 386 g/mol. The minimum Gasteiger partial charge on any atom is -0.442 e. The smallest absolute Gasteiger partial charge is 0.412 e. The summed E-state index contributed by atoms with van der Waals surface area (Å²) in [4.78, 5) is 12.5. The Morgan fingerprint density at radius 1 is 1.16 bits per heavy atom. The molecule has 3 atom stereocenters. The van der Waals surface area contributed by atoms with Crippen molar-refractivity contribution in [1.29, 1.82) is 0 Å². The van der Waals surface area contributed by atoms with Gasteiger partial charge < -0.3 is 9.84 Å². The van der Waals surface area contributed by atoms with Gasteiger partial charge >= 0.3 is 6.09 Å². The zero-order valence-corrected chi connectivity index (χ0v) is 19.7. The number of allylic oxidation sites excluding steroid dienone is 4. The average molecular weight is 426 g/mol. The Morgan fingerprint density at radius 2 is 1.87 bits per heavy atom. The first-order valence-corrected chi connectivity index (χ1v) is 11.4. The molecule has 0 spiro atoms. The van der Waals surface area contributed by atoms with Gasteiger partial charge in [0.15, 0.2) is 0 Å². The molecule has 4 heteroatoms. The molecular formula is C27H39NO3. The molecule has 0 heterocycles. The minimum atomic E-state index is -1.07. The summed E-state index contributed by atoms with van der Waals surface area (Å²) >= 11 is 0. The summed E-state index contributed by atoms with van der Waals surface area (Å²) in [5.74, 6) is 0.898. The van der Waals surface area contributed by atoms with Crippen LogP contribution in [0.4, 0.5) is 10.5 Å². The van der Waals surface area contributed by atoms with E-state index in [-0.39, 0.29) is 0 Å². The van der Waals surface area contributed by atoms with E-state index in [1.807, 2.05) is 42.5 Å². The molecule has 0 bridgehead atoms. The highest BCUT2D eigenvalue weighted by atomic mass is 16.6. The van der Waals surface area contributed by atoms with E-state index in [9.17, 15) is 9.90 Å². The Labute approximate surface area is 188 Å². The summed E-state index contributed by atoms with van der Waals surface area (Å²) in [6, 6.07) is 9.24. The van der Waals surface area contributed by atoms with Crippen LogP contribution in [0.5, 0.6) is 0 Å². The number of rotatable bonds is 3. The second-order valence-corrected chi connectivity index (χ2v) is 9.40. The van der Waals surface area contributed by atoms with Gasteiger partial charge in [0, 0.05) is 12.1 Å². The second kappa shape index (κ2) is 11.9. The third kappa shape index (κ3) is 9.56. The molecule has 1 aromatic carbocycles. The minimum absolute atomic E-state index is 0.308. The second-order valence-electron chi connectivity index (χ2n) is 9.40. The lowest BCUT2D eigenvalue weighted by Crippen LogP contribution is -2.31. The molecule has 0 unspecified atom stereocenters. The SMILES string of the molecule is C/C1=C\[C@H](OC(=O)Nc2ccccc2)C[C@](C)(O)/C=C/[C@H](C(C)C)CC/C(C)=C/CC1. The maximum Gasteiger partial charge on any atom is 0.412 e. The molecule has 1 aliphatic rings. The van der Waals surface area contributed by atoms with Crippen LogP contribution in [-0.2, 0) is 4.74 Å². The van der Waals surface area contributed by atoms with Crippen LogP contribution in [-0.4, -0.2) is 22.9 Å². The van der Waals surface area contributed by atoms with Crippen LogP contribution in [0.1, 0.15) is 66.7 Å². The molecule has 2 rings (SSSR count). The van der Waals surface area contributed by atoms with E-state index in [1.165, 1.54) is 5.57 Å². The van der Waals surface area contributed by atoms with Crippen molar-refractivity contribution in [2.75, 3.05) is 5.32 Å². The molecule has 1 aliphatic carbocycles. The fourth-order valence-corrected chi connectivity index (χ4v) is 3.84. The molecule has 1 aromatic rings. The Morgan fingerprint density at radius 3 is 2.55 bits per heavy atom. The molecule has 0 radical (unpaired) electrons. The number of carbonyl (C=O) groups is 1. The van der Waals surface area contributed by atoms with E-state index in [0.717, 1.165) is 31.3 Å². The number of aliphatic hydroxyl groups is 1. The van der Waals surface area contributed by atoms with Crippen molar-refractivity contribution in [3.05, 3.63) is 65.8 Å². The van der Waals surface area contributed by atoms with Gasteiger partial charge in [-0.15, -0.1) is 0 Å². The topological polar surface area (TPSA) is 58.6 Å². The quantitative estimate of drug-likeness (QED) is 0.511. The summed E-state index contributed by atoms with van der Waals surface area (Å²) in [6.45, 7) is 10.5. The third-order valence-corrected chi connectivity index (χ3v) is 5.83. The number of anilines is 1. The van der Waals surface area contributed by atoms with Crippen LogP contribution in [0.15, 0.2) is 65.8 Å². The molecule has 31 heavy (non-hydrogen) atoms. The molecule has 0 aliphatic heterocycles. The van der Waals surface area contributed by atoms with E-state index in [0.29, 0.717) is 23.9 Å². The highest BCUT2D eigenvalue weighted by molar-refractivity contribution is 5.84. The first-order valence-electron chi connectivity index (χ1n) is 11.4. The number of hydrogen-bond acceptors (Lipinski definition) is 3. The number of ether oxygens (including phenoxy) is 1. The van der Waals surface area contributed by atoms with Crippen molar-refractivity contribution in [3.63, 3.8) is 0 Å². The highest BCUT2D eigenvalue weighted by Gasteiger charge is 2.25. The average Bonchev–Trinajstić information content (AvgIpc) is 2.67. The number of hydrogen-bond donors (Lipinski definition) is 2. The van der Waals surface area contributed by atoms with Gasteiger partial charge in [0.2, 0.25) is 0 Å². The Bertz CT molecular complexity index is 790. The maximum absolute atomic E-state index is 12.5. The number of para-hydroxylation sites is 1. The van der Waals surface area contributed by atoms with Crippen molar-refractivity contribution in [2.45, 2.75) is 78.4 Å². The van der Waals surface area contributed by atoms with E-state index >= 15 is 0 Å². The Balaban J connectivity index is 2.21. The summed E-state index contributed by atoms with van der Waals surface area (Å²) < 4.78 is 5.72. The molecule has 0 fully saturated rings. The predicted molar refractivity (Wildman–Crippen MR) is 129 cm³/mol. The molecule has 170 valence electrons. The lowest BCUT2D eigenvalue weighted by Gasteiger charge is -2.26. The maximum atomic E-state index is 12.5. The van der Waals surface area contributed by atoms with Crippen molar-refractivity contribution < 1.29 is 14.6 Å². The van der Waals surface area contributed by atoms with Gasteiger partial charge in [0.1, 0.15) is 6.10 Å². The monoisotopic (exact) mass is 425 g/mol. The van der Waals surface area contributed by atoms with Crippen LogP contribution in [0.3, 0.4) is 0 Å². The van der Waals surface area contributed by atoms with Gasteiger partial charge in [0.05, 0.1) is 5.60 Å². The predicted octanol–water partition coefficient (Wildman–Crippen LogP) is 7.04. The summed E-state index contributed by atoms with van der Waals surface area (Å²) in [5.41, 5.74) is 2.17. The van der Waals surface area contributed by atoms with Crippen LogP contribution in [0, 0.1) is 11.8 Å². The van der Waals surface area contributed by atoms with Gasteiger partial charge in [-0.2, -0.15) is 0 Å². The largest absolute Gasteiger partial charge is 0.442 e. The first-order chi connectivity index (χ1) is 14.6. The lowest BCUT2D eigenvalue weighted by atomic mass is 9.86. The number of benzene rings is 1. The highest BCUT2D eigenvalue weighted by Crippen LogP contribution is 2.26. The van der Waals surface area contributed by atoms with E-state index in [2.05, 4.69) is 45.2 Å². The first kappa shape index (κ1) is 24.9. The molecule has 0 saturated carbocycles. The third-order valence-electron chi connectivity index (χ3n) is 5.83.